The maximum absolute atomic E-state index is 11.7. The molecule has 0 aromatic carbocycles. The first-order valence-corrected chi connectivity index (χ1v) is 6.47. The first-order chi connectivity index (χ1) is 9.08. The second kappa shape index (κ2) is 5.66. The number of carboxylic acids is 1. The van der Waals surface area contributed by atoms with Gasteiger partial charge in [-0.3, -0.25) is 9.59 Å². The van der Waals surface area contributed by atoms with Crippen LogP contribution in [-0.4, -0.2) is 28.7 Å². The molecule has 0 saturated heterocycles. The Kier molecular flexibility index (Phi) is 3.96. The largest absolute Gasteiger partial charge is 0.481 e. The van der Waals surface area contributed by atoms with Crippen molar-refractivity contribution in [3.63, 3.8) is 0 Å². The lowest BCUT2D eigenvalue weighted by Crippen LogP contribution is -2.31. The van der Waals surface area contributed by atoms with E-state index in [4.69, 9.17) is 9.63 Å². The van der Waals surface area contributed by atoms with Crippen molar-refractivity contribution in [3.05, 3.63) is 29.3 Å². The van der Waals surface area contributed by atoms with E-state index in [1.165, 1.54) is 24.3 Å². The Labute approximate surface area is 113 Å². The number of nitrogens with zero attached hydrogens (tertiary/aromatic N) is 1. The fourth-order valence-electron chi connectivity index (χ4n) is 1.34. The van der Waals surface area contributed by atoms with Gasteiger partial charge in [-0.25, -0.2) is 0 Å². The molecule has 2 heterocycles. The van der Waals surface area contributed by atoms with Crippen LogP contribution < -0.4 is 5.32 Å². The van der Waals surface area contributed by atoms with E-state index in [2.05, 4.69) is 10.5 Å². The Bertz CT molecular complexity index is 576. The number of aromatic nitrogens is 1. The molecule has 0 aliphatic carbocycles. The molecule has 0 aliphatic heterocycles. The molecule has 0 spiro atoms. The van der Waals surface area contributed by atoms with Crippen molar-refractivity contribution < 1.29 is 19.2 Å². The molecular weight excluding hydrogens is 268 g/mol. The van der Waals surface area contributed by atoms with Crippen molar-refractivity contribution in [2.45, 2.75) is 6.92 Å². The van der Waals surface area contributed by atoms with Crippen LogP contribution in [0.2, 0.25) is 0 Å². The number of rotatable bonds is 5. The van der Waals surface area contributed by atoms with E-state index in [1.807, 2.05) is 17.5 Å². The van der Waals surface area contributed by atoms with Gasteiger partial charge in [0.2, 0.25) is 0 Å². The molecule has 0 saturated carbocycles. The van der Waals surface area contributed by atoms with Gasteiger partial charge in [-0.15, -0.1) is 11.3 Å². The lowest BCUT2D eigenvalue weighted by atomic mass is 10.2. The fourth-order valence-corrected chi connectivity index (χ4v) is 2.01. The average Bonchev–Trinajstić information content (AvgIpc) is 3.04. The van der Waals surface area contributed by atoms with E-state index in [9.17, 15) is 9.59 Å². The first kappa shape index (κ1) is 13.3. The Morgan fingerprint density at radius 1 is 1.58 bits per heavy atom. The van der Waals surface area contributed by atoms with Crippen molar-refractivity contribution in [2.75, 3.05) is 6.54 Å². The third kappa shape index (κ3) is 3.19. The summed E-state index contributed by atoms with van der Waals surface area (Å²) in [5.41, 5.74) is 0.140. The Morgan fingerprint density at radius 3 is 3.00 bits per heavy atom. The predicted octanol–water partition coefficient (Wildman–Crippen LogP) is 1.85. The zero-order chi connectivity index (χ0) is 13.8. The van der Waals surface area contributed by atoms with Crippen molar-refractivity contribution in [1.29, 1.82) is 0 Å². The lowest BCUT2D eigenvalue weighted by molar-refractivity contribution is -0.140. The molecule has 19 heavy (non-hydrogen) atoms. The summed E-state index contributed by atoms with van der Waals surface area (Å²) < 4.78 is 5.07. The van der Waals surface area contributed by atoms with Gasteiger partial charge in [0.15, 0.2) is 11.5 Å². The van der Waals surface area contributed by atoms with Crippen LogP contribution in [0.25, 0.3) is 10.6 Å². The number of hydrogen-bond acceptors (Lipinski definition) is 5. The summed E-state index contributed by atoms with van der Waals surface area (Å²) in [6.07, 6.45) is 0. The highest BCUT2D eigenvalue weighted by Crippen LogP contribution is 2.24. The molecule has 0 radical (unpaired) electrons. The van der Waals surface area contributed by atoms with Gasteiger partial charge in [0.05, 0.1) is 10.8 Å². The monoisotopic (exact) mass is 280 g/mol. The van der Waals surface area contributed by atoms with E-state index in [0.29, 0.717) is 5.76 Å². The van der Waals surface area contributed by atoms with Crippen LogP contribution in [0, 0.1) is 5.92 Å². The number of aliphatic carboxylic acids is 1. The van der Waals surface area contributed by atoms with E-state index >= 15 is 0 Å². The SMILES string of the molecule is CC(CNC(=O)c1cc(-c2cccs2)on1)C(=O)O. The van der Waals surface area contributed by atoms with E-state index in [0.717, 1.165) is 4.88 Å². The fraction of sp³-hybridized carbons (Fsp3) is 0.250. The summed E-state index contributed by atoms with van der Waals surface area (Å²) in [4.78, 5) is 23.2. The van der Waals surface area contributed by atoms with Gasteiger partial charge >= 0.3 is 5.97 Å². The van der Waals surface area contributed by atoms with E-state index in [1.54, 1.807) is 0 Å². The predicted molar refractivity (Wildman–Crippen MR) is 68.9 cm³/mol. The van der Waals surface area contributed by atoms with Crippen LogP contribution in [0.1, 0.15) is 17.4 Å². The van der Waals surface area contributed by atoms with Crippen LogP contribution in [0.4, 0.5) is 0 Å². The smallest absolute Gasteiger partial charge is 0.308 e. The number of carboxylic acid groups (broad SMARTS) is 1. The maximum atomic E-state index is 11.7. The third-order valence-electron chi connectivity index (χ3n) is 2.50. The molecule has 0 bridgehead atoms. The van der Waals surface area contributed by atoms with Gasteiger partial charge in [-0.05, 0) is 11.4 Å². The summed E-state index contributed by atoms with van der Waals surface area (Å²) in [5, 5.41) is 16.8. The van der Waals surface area contributed by atoms with E-state index in [-0.39, 0.29) is 12.2 Å². The molecule has 7 heteroatoms. The second-order valence-electron chi connectivity index (χ2n) is 4.00. The first-order valence-electron chi connectivity index (χ1n) is 5.59. The van der Waals surface area contributed by atoms with Crippen LogP contribution in [0.15, 0.2) is 28.1 Å². The van der Waals surface area contributed by atoms with Gasteiger partial charge in [0.1, 0.15) is 0 Å². The van der Waals surface area contributed by atoms with Gasteiger partial charge in [0.25, 0.3) is 5.91 Å². The maximum Gasteiger partial charge on any atom is 0.308 e. The minimum atomic E-state index is -0.959. The third-order valence-corrected chi connectivity index (χ3v) is 3.38. The highest BCUT2D eigenvalue weighted by atomic mass is 32.1. The quantitative estimate of drug-likeness (QED) is 0.872. The van der Waals surface area contributed by atoms with Crippen molar-refractivity contribution >= 4 is 23.2 Å². The molecule has 2 N–H and O–H groups in total. The number of carbonyl (C=O) groups excluding carboxylic acids is 1. The van der Waals surface area contributed by atoms with Crippen molar-refractivity contribution in [1.82, 2.24) is 10.5 Å². The van der Waals surface area contributed by atoms with Gasteiger partial charge < -0.3 is 14.9 Å². The van der Waals surface area contributed by atoms with Crippen molar-refractivity contribution in [3.8, 4) is 10.6 Å². The topological polar surface area (TPSA) is 92.4 Å². The highest BCUT2D eigenvalue weighted by molar-refractivity contribution is 7.13. The zero-order valence-corrected chi connectivity index (χ0v) is 10.9. The molecule has 6 nitrogen and oxygen atoms in total. The molecule has 0 fully saturated rings. The van der Waals surface area contributed by atoms with Gasteiger partial charge in [-0.2, -0.15) is 0 Å². The van der Waals surface area contributed by atoms with E-state index < -0.39 is 17.8 Å². The number of hydrogen-bond donors (Lipinski definition) is 2. The average molecular weight is 280 g/mol. The van der Waals surface area contributed by atoms with Crippen LogP contribution in [-0.2, 0) is 4.79 Å². The standard InChI is InChI=1S/C12H12N2O4S/c1-7(12(16)17)6-13-11(15)8-5-9(18-14-8)10-3-2-4-19-10/h2-5,7H,6H2,1H3,(H,13,15)(H,16,17). The molecule has 2 rings (SSSR count). The Morgan fingerprint density at radius 2 is 2.37 bits per heavy atom. The lowest BCUT2D eigenvalue weighted by Gasteiger charge is -2.06. The summed E-state index contributed by atoms with van der Waals surface area (Å²) >= 11 is 1.48. The molecule has 1 atom stereocenters. The van der Waals surface area contributed by atoms with Crippen molar-refractivity contribution in [2.24, 2.45) is 5.92 Å². The molecule has 1 unspecified atom stereocenters. The zero-order valence-electron chi connectivity index (χ0n) is 10.1. The number of amides is 1. The van der Waals surface area contributed by atoms with Gasteiger partial charge in [-0.1, -0.05) is 18.1 Å². The summed E-state index contributed by atoms with van der Waals surface area (Å²) in [5.74, 6) is -1.53. The number of nitrogens with one attached hydrogen (secondary N) is 1. The minimum absolute atomic E-state index is 0.0510. The molecule has 1 amide bonds. The molecule has 2 aromatic rings. The Balaban J connectivity index is 1.99. The van der Waals surface area contributed by atoms with Crippen LogP contribution in [0.5, 0.6) is 0 Å². The minimum Gasteiger partial charge on any atom is -0.481 e. The number of thiophene rings is 1. The summed E-state index contributed by atoms with van der Waals surface area (Å²) in [6, 6.07) is 5.27. The molecular formula is C12H12N2O4S. The van der Waals surface area contributed by atoms with Crippen LogP contribution >= 0.6 is 11.3 Å². The normalized spacial score (nSPS) is 12.1. The summed E-state index contributed by atoms with van der Waals surface area (Å²) in [6.45, 7) is 1.57. The van der Waals surface area contributed by atoms with Gasteiger partial charge in [0, 0.05) is 12.6 Å². The Hall–Kier alpha value is -2.15. The molecule has 100 valence electrons. The highest BCUT2D eigenvalue weighted by Gasteiger charge is 2.16. The number of carbonyl (C=O) groups is 2. The molecule has 0 aliphatic rings. The molecule has 2 aromatic heterocycles. The van der Waals surface area contributed by atoms with Crippen LogP contribution in [0.3, 0.4) is 0 Å². The second-order valence-corrected chi connectivity index (χ2v) is 4.95. The summed E-state index contributed by atoms with van der Waals surface area (Å²) in [7, 11) is 0.